The summed E-state index contributed by atoms with van der Waals surface area (Å²) in [5.74, 6) is 0.922. The molecule has 0 aliphatic carbocycles. The highest BCUT2D eigenvalue weighted by Crippen LogP contribution is 2.29. The molecule has 0 aliphatic rings. The van der Waals surface area contributed by atoms with Crippen LogP contribution < -0.4 is 4.90 Å². The standard InChI is InChI=1S/C12H16ClN3OS/c1-8-4-10-11(14-7-15-12(10)18-8)16(2)5-9(13)6-17-3/h4,7,9H,5-6H2,1-3H3. The van der Waals surface area contributed by atoms with Crippen molar-refractivity contribution in [3.8, 4) is 0 Å². The largest absolute Gasteiger partial charge is 0.383 e. The molecule has 98 valence electrons. The Bertz CT molecular complexity index is 531. The Balaban J connectivity index is 2.24. The SMILES string of the molecule is COCC(Cl)CN(C)c1ncnc2sc(C)cc12. The van der Waals surface area contributed by atoms with Crippen LogP contribution in [0.2, 0.25) is 0 Å². The molecule has 1 unspecified atom stereocenters. The number of thiophene rings is 1. The lowest BCUT2D eigenvalue weighted by Gasteiger charge is -2.21. The average Bonchev–Trinajstić information content (AvgIpc) is 2.68. The van der Waals surface area contributed by atoms with E-state index in [4.69, 9.17) is 16.3 Å². The van der Waals surface area contributed by atoms with E-state index in [0.717, 1.165) is 16.0 Å². The van der Waals surface area contributed by atoms with Gasteiger partial charge in [-0.2, -0.15) is 0 Å². The van der Waals surface area contributed by atoms with Crippen LogP contribution in [0.15, 0.2) is 12.4 Å². The Morgan fingerprint density at radius 3 is 3.00 bits per heavy atom. The molecule has 2 aromatic heterocycles. The van der Waals surface area contributed by atoms with Gasteiger partial charge in [0.05, 0.1) is 17.4 Å². The minimum atomic E-state index is -0.0512. The first-order valence-corrected chi connectivity index (χ1v) is 6.92. The fourth-order valence-electron chi connectivity index (χ4n) is 1.88. The van der Waals surface area contributed by atoms with Crippen molar-refractivity contribution in [2.24, 2.45) is 0 Å². The van der Waals surface area contributed by atoms with E-state index in [1.165, 1.54) is 4.88 Å². The minimum Gasteiger partial charge on any atom is -0.383 e. The second-order valence-corrected chi connectivity index (χ2v) is 6.06. The van der Waals surface area contributed by atoms with E-state index in [9.17, 15) is 0 Å². The minimum absolute atomic E-state index is 0.0512. The van der Waals surface area contributed by atoms with Gasteiger partial charge in [-0.05, 0) is 13.0 Å². The third kappa shape index (κ3) is 2.91. The number of halogens is 1. The molecule has 4 nitrogen and oxygen atoms in total. The highest BCUT2D eigenvalue weighted by atomic mass is 35.5. The van der Waals surface area contributed by atoms with Crippen molar-refractivity contribution in [2.45, 2.75) is 12.3 Å². The van der Waals surface area contributed by atoms with Crippen LogP contribution in [-0.2, 0) is 4.74 Å². The summed E-state index contributed by atoms with van der Waals surface area (Å²) in [6.45, 7) is 3.30. The highest BCUT2D eigenvalue weighted by molar-refractivity contribution is 7.18. The lowest BCUT2D eigenvalue weighted by Crippen LogP contribution is -2.29. The van der Waals surface area contributed by atoms with Crippen molar-refractivity contribution in [1.82, 2.24) is 9.97 Å². The molecule has 18 heavy (non-hydrogen) atoms. The van der Waals surface area contributed by atoms with E-state index < -0.39 is 0 Å². The number of rotatable bonds is 5. The van der Waals surface area contributed by atoms with Crippen molar-refractivity contribution >= 4 is 39.0 Å². The molecule has 0 aromatic carbocycles. The van der Waals surface area contributed by atoms with Crippen LogP contribution in [0.25, 0.3) is 10.2 Å². The molecule has 0 radical (unpaired) electrons. The Morgan fingerprint density at radius 2 is 2.28 bits per heavy atom. The van der Waals surface area contributed by atoms with E-state index in [0.29, 0.717) is 13.2 Å². The van der Waals surface area contributed by atoms with Gasteiger partial charge < -0.3 is 9.64 Å². The first-order chi connectivity index (χ1) is 8.61. The first kappa shape index (κ1) is 13.5. The molecule has 0 fully saturated rings. The number of anilines is 1. The van der Waals surface area contributed by atoms with Crippen LogP contribution in [0.1, 0.15) is 4.88 Å². The summed E-state index contributed by atoms with van der Waals surface area (Å²) in [4.78, 5) is 12.9. The molecule has 0 bridgehead atoms. The predicted molar refractivity (Wildman–Crippen MR) is 76.9 cm³/mol. The van der Waals surface area contributed by atoms with E-state index >= 15 is 0 Å². The Morgan fingerprint density at radius 1 is 1.50 bits per heavy atom. The van der Waals surface area contributed by atoms with Gasteiger partial charge in [0.1, 0.15) is 17.0 Å². The van der Waals surface area contributed by atoms with Crippen LogP contribution in [0, 0.1) is 6.92 Å². The Labute approximate surface area is 116 Å². The van der Waals surface area contributed by atoms with E-state index in [1.54, 1.807) is 24.8 Å². The quantitative estimate of drug-likeness (QED) is 0.792. The molecular weight excluding hydrogens is 270 g/mol. The van der Waals surface area contributed by atoms with Gasteiger partial charge in [-0.15, -0.1) is 22.9 Å². The second-order valence-electron chi connectivity index (χ2n) is 4.21. The van der Waals surface area contributed by atoms with Gasteiger partial charge in [-0.25, -0.2) is 9.97 Å². The van der Waals surface area contributed by atoms with Crippen molar-refractivity contribution < 1.29 is 4.74 Å². The van der Waals surface area contributed by atoms with Crippen molar-refractivity contribution in [1.29, 1.82) is 0 Å². The molecule has 2 aromatic rings. The number of hydrogen-bond acceptors (Lipinski definition) is 5. The fraction of sp³-hybridized carbons (Fsp3) is 0.500. The van der Waals surface area contributed by atoms with Crippen LogP contribution in [-0.4, -0.2) is 42.7 Å². The topological polar surface area (TPSA) is 38.2 Å². The molecule has 6 heteroatoms. The maximum absolute atomic E-state index is 6.17. The molecule has 1 atom stereocenters. The number of ether oxygens (including phenoxy) is 1. The van der Waals surface area contributed by atoms with Gasteiger partial charge in [0.25, 0.3) is 0 Å². The van der Waals surface area contributed by atoms with Crippen molar-refractivity contribution in [3.05, 3.63) is 17.3 Å². The summed E-state index contributed by atoms with van der Waals surface area (Å²) in [5.41, 5.74) is 0. The smallest absolute Gasteiger partial charge is 0.140 e. The molecular formula is C12H16ClN3OS. The molecule has 2 heterocycles. The molecule has 0 aliphatic heterocycles. The zero-order valence-corrected chi connectivity index (χ0v) is 12.3. The lowest BCUT2D eigenvalue weighted by atomic mass is 10.3. The normalized spacial score (nSPS) is 12.9. The van der Waals surface area contributed by atoms with Gasteiger partial charge in [0.2, 0.25) is 0 Å². The summed E-state index contributed by atoms with van der Waals surface area (Å²) in [7, 11) is 3.64. The summed E-state index contributed by atoms with van der Waals surface area (Å²) >= 11 is 7.85. The molecule has 0 amide bonds. The van der Waals surface area contributed by atoms with E-state index in [1.807, 2.05) is 11.9 Å². The van der Waals surface area contributed by atoms with Crippen LogP contribution in [0.5, 0.6) is 0 Å². The van der Waals surface area contributed by atoms with Crippen molar-refractivity contribution in [3.63, 3.8) is 0 Å². The summed E-state index contributed by atoms with van der Waals surface area (Å²) in [6, 6.07) is 2.12. The zero-order chi connectivity index (χ0) is 13.1. The molecule has 0 N–H and O–H groups in total. The zero-order valence-electron chi connectivity index (χ0n) is 10.7. The van der Waals surface area contributed by atoms with Crippen LogP contribution in [0.3, 0.4) is 0 Å². The van der Waals surface area contributed by atoms with Gasteiger partial charge >= 0.3 is 0 Å². The summed E-state index contributed by atoms with van der Waals surface area (Å²) < 4.78 is 5.04. The van der Waals surface area contributed by atoms with E-state index in [2.05, 4.69) is 23.0 Å². The number of nitrogens with zero attached hydrogens (tertiary/aromatic N) is 3. The van der Waals surface area contributed by atoms with Crippen LogP contribution >= 0.6 is 22.9 Å². The number of hydrogen-bond donors (Lipinski definition) is 0. The molecule has 0 spiro atoms. The Kier molecular flexibility index (Phi) is 4.37. The van der Waals surface area contributed by atoms with Gasteiger partial charge in [-0.1, -0.05) is 0 Å². The fourth-order valence-corrected chi connectivity index (χ4v) is 3.06. The monoisotopic (exact) mass is 285 g/mol. The number of aromatic nitrogens is 2. The van der Waals surface area contributed by atoms with Gasteiger partial charge in [0, 0.05) is 25.6 Å². The van der Waals surface area contributed by atoms with Gasteiger partial charge in [-0.3, -0.25) is 0 Å². The number of aryl methyl sites for hydroxylation is 1. The second kappa shape index (κ2) is 5.82. The first-order valence-electron chi connectivity index (χ1n) is 5.67. The third-order valence-electron chi connectivity index (χ3n) is 2.61. The Hall–Kier alpha value is -0.910. The third-order valence-corrected chi connectivity index (χ3v) is 3.84. The molecule has 0 saturated carbocycles. The average molecular weight is 286 g/mol. The maximum atomic E-state index is 6.17. The van der Waals surface area contributed by atoms with Gasteiger partial charge in [0.15, 0.2) is 0 Å². The summed E-state index contributed by atoms with van der Waals surface area (Å²) in [6.07, 6.45) is 1.60. The number of alkyl halides is 1. The van der Waals surface area contributed by atoms with E-state index in [-0.39, 0.29) is 5.38 Å². The number of fused-ring (bicyclic) bond motifs is 1. The van der Waals surface area contributed by atoms with Crippen molar-refractivity contribution in [2.75, 3.05) is 32.2 Å². The van der Waals surface area contributed by atoms with Crippen LogP contribution in [0.4, 0.5) is 5.82 Å². The predicted octanol–water partition coefficient (Wildman–Crippen LogP) is 2.69. The molecule has 2 rings (SSSR count). The summed E-state index contributed by atoms with van der Waals surface area (Å²) in [5, 5.41) is 1.04. The lowest BCUT2D eigenvalue weighted by molar-refractivity contribution is 0.199. The molecule has 0 saturated heterocycles. The number of methoxy groups -OCH3 is 1. The highest BCUT2D eigenvalue weighted by Gasteiger charge is 2.14. The maximum Gasteiger partial charge on any atom is 0.140 e.